The van der Waals surface area contributed by atoms with Gasteiger partial charge in [-0.05, 0) is 19.8 Å². The van der Waals surface area contributed by atoms with Crippen molar-refractivity contribution in [2.75, 3.05) is 0 Å². The van der Waals surface area contributed by atoms with Gasteiger partial charge in [-0.25, -0.2) is 0 Å². The van der Waals surface area contributed by atoms with E-state index < -0.39 is 5.91 Å². The molecule has 3 nitrogen and oxygen atoms in total. The lowest BCUT2D eigenvalue weighted by atomic mass is 10.1. The molecule has 0 bridgehead atoms. The van der Waals surface area contributed by atoms with Crippen molar-refractivity contribution in [1.29, 1.82) is 0 Å². The highest BCUT2D eigenvalue weighted by molar-refractivity contribution is 5.72. The summed E-state index contributed by atoms with van der Waals surface area (Å²) in [4.78, 5) is 10.1. The van der Waals surface area contributed by atoms with Gasteiger partial charge in [-0.1, -0.05) is 6.42 Å². The minimum absolute atomic E-state index is 0.223. The molecule has 1 atom stereocenters. The Morgan fingerprint density at radius 3 is 2.60 bits per heavy atom. The fraction of sp³-hybridized carbons (Fsp3) is 0.857. The van der Waals surface area contributed by atoms with Gasteiger partial charge < -0.3 is 5.73 Å². The van der Waals surface area contributed by atoms with E-state index in [0.717, 1.165) is 19.3 Å². The second-order valence-electron chi connectivity index (χ2n) is 2.65. The van der Waals surface area contributed by atoms with Crippen molar-refractivity contribution < 1.29 is 4.79 Å². The third-order valence-electron chi connectivity index (χ3n) is 1.31. The summed E-state index contributed by atoms with van der Waals surface area (Å²) in [6, 6.07) is 0.223. The molecule has 0 aromatic heterocycles. The molecule has 0 aliphatic carbocycles. The van der Waals surface area contributed by atoms with Gasteiger partial charge in [0.15, 0.2) is 0 Å². The molecule has 0 saturated heterocycles. The Kier molecular flexibility index (Phi) is 4.94. The van der Waals surface area contributed by atoms with E-state index in [4.69, 9.17) is 11.5 Å². The summed E-state index contributed by atoms with van der Waals surface area (Å²) < 4.78 is 0. The van der Waals surface area contributed by atoms with Gasteiger partial charge in [-0.15, -0.1) is 0 Å². The lowest BCUT2D eigenvalue weighted by Gasteiger charge is -2.01. The first-order valence-corrected chi connectivity index (χ1v) is 3.63. The van der Waals surface area contributed by atoms with Gasteiger partial charge >= 0.3 is 0 Å². The molecule has 0 aliphatic rings. The van der Waals surface area contributed by atoms with Crippen LogP contribution in [0.3, 0.4) is 0 Å². The Bertz CT molecular complexity index is 102. The molecule has 0 aromatic rings. The van der Waals surface area contributed by atoms with Crippen LogP contribution in [-0.2, 0) is 4.79 Å². The number of nitrogens with two attached hydrogens (primary N) is 1. The van der Waals surface area contributed by atoms with Crippen molar-refractivity contribution in [3.05, 3.63) is 0 Å². The van der Waals surface area contributed by atoms with E-state index in [9.17, 15) is 4.79 Å². The summed E-state index contributed by atoms with van der Waals surface area (Å²) in [5, 5.41) is 0. The first-order chi connectivity index (χ1) is 4.63. The molecule has 0 fully saturated rings. The predicted octanol–water partition coefficient (Wildman–Crippen LogP) is 0.704. The molecule has 0 heterocycles. The summed E-state index contributed by atoms with van der Waals surface area (Å²) in [7, 11) is 0. The molecular formula is C7H15N2O. The Hall–Kier alpha value is -0.570. The van der Waals surface area contributed by atoms with Gasteiger partial charge in [0.25, 0.3) is 0 Å². The maximum Gasteiger partial charge on any atom is 0.238 e. The second-order valence-corrected chi connectivity index (χ2v) is 2.65. The van der Waals surface area contributed by atoms with E-state index in [1.807, 2.05) is 6.92 Å². The molecule has 1 unspecified atom stereocenters. The first kappa shape index (κ1) is 9.43. The van der Waals surface area contributed by atoms with E-state index in [1.54, 1.807) is 0 Å². The summed E-state index contributed by atoms with van der Waals surface area (Å²) >= 11 is 0. The molecule has 1 amide bonds. The second kappa shape index (κ2) is 5.23. The fourth-order valence-corrected chi connectivity index (χ4v) is 0.752. The van der Waals surface area contributed by atoms with Crippen LogP contribution in [0.25, 0.3) is 0 Å². The van der Waals surface area contributed by atoms with Crippen LogP contribution in [-0.4, -0.2) is 11.9 Å². The monoisotopic (exact) mass is 143 g/mol. The molecule has 0 spiro atoms. The first-order valence-electron chi connectivity index (χ1n) is 3.63. The average molecular weight is 143 g/mol. The predicted molar refractivity (Wildman–Crippen MR) is 40.2 cm³/mol. The highest BCUT2D eigenvalue weighted by Gasteiger charge is 1.96. The Labute approximate surface area is 61.8 Å². The van der Waals surface area contributed by atoms with Gasteiger partial charge in [0, 0.05) is 12.5 Å². The maximum atomic E-state index is 10.1. The minimum atomic E-state index is -0.468. The van der Waals surface area contributed by atoms with E-state index in [1.165, 1.54) is 0 Å². The van der Waals surface area contributed by atoms with Gasteiger partial charge in [-0.3, -0.25) is 10.5 Å². The van der Waals surface area contributed by atoms with Crippen LogP contribution in [0.1, 0.15) is 32.6 Å². The van der Waals surface area contributed by atoms with Crippen molar-refractivity contribution in [3.8, 4) is 0 Å². The molecular weight excluding hydrogens is 128 g/mol. The van der Waals surface area contributed by atoms with E-state index in [2.05, 4.69) is 0 Å². The van der Waals surface area contributed by atoms with Crippen LogP contribution >= 0.6 is 0 Å². The number of hydrogen-bond donors (Lipinski definition) is 1. The van der Waals surface area contributed by atoms with Crippen LogP contribution in [0.2, 0.25) is 0 Å². The Morgan fingerprint density at radius 1 is 1.60 bits per heavy atom. The van der Waals surface area contributed by atoms with E-state index >= 15 is 0 Å². The van der Waals surface area contributed by atoms with Gasteiger partial charge in [0.2, 0.25) is 5.91 Å². The summed E-state index contributed by atoms with van der Waals surface area (Å²) in [5.74, 6) is -0.468. The lowest BCUT2D eigenvalue weighted by Crippen LogP contribution is -2.14. The molecule has 10 heavy (non-hydrogen) atoms. The smallest absolute Gasteiger partial charge is 0.238 e. The van der Waals surface area contributed by atoms with Crippen LogP contribution in [0.15, 0.2) is 0 Å². The normalized spacial score (nSPS) is 13.0. The molecule has 3 heteroatoms. The number of rotatable bonds is 5. The van der Waals surface area contributed by atoms with Crippen molar-refractivity contribution in [3.63, 3.8) is 0 Å². The Balaban J connectivity index is 2.98. The maximum absolute atomic E-state index is 10.1. The molecule has 59 valence electrons. The van der Waals surface area contributed by atoms with Crippen molar-refractivity contribution >= 4 is 5.91 Å². The van der Waals surface area contributed by atoms with Crippen LogP contribution < -0.4 is 11.5 Å². The largest absolute Gasteiger partial charge is 0.328 e. The van der Waals surface area contributed by atoms with Gasteiger partial charge in [0.1, 0.15) is 0 Å². The van der Waals surface area contributed by atoms with E-state index in [-0.39, 0.29) is 6.04 Å². The van der Waals surface area contributed by atoms with Crippen LogP contribution in [0.5, 0.6) is 0 Å². The quantitative estimate of drug-likeness (QED) is 0.576. The highest BCUT2D eigenvalue weighted by atomic mass is 16.1. The third-order valence-corrected chi connectivity index (χ3v) is 1.31. The number of hydrogen-bond acceptors (Lipinski definition) is 2. The average Bonchev–Trinajstić information content (AvgIpc) is 1.79. The number of carbonyl (C=O) groups excluding carboxylic acids is 1. The highest BCUT2D eigenvalue weighted by Crippen LogP contribution is 2.00. The lowest BCUT2D eigenvalue weighted by molar-refractivity contribution is -0.118. The standard InChI is InChI=1S/C7H15N2O/c1-6(8)4-2-3-5-7(9)10/h6,9H,2-5,8H2,1H3. The summed E-state index contributed by atoms with van der Waals surface area (Å²) in [5.41, 5.74) is 12.1. The minimum Gasteiger partial charge on any atom is -0.328 e. The van der Waals surface area contributed by atoms with Crippen molar-refractivity contribution in [2.24, 2.45) is 5.73 Å². The van der Waals surface area contributed by atoms with Crippen molar-refractivity contribution in [2.45, 2.75) is 38.6 Å². The number of nitrogens with one attached hydrogen (secondary N) is 1. The van der Waals surface area contributed by atoms with Crippen LogP contribution in [0.4, 0.5) is 0 Å². The summed E-state index contributed by atoms with van der Waals surface area (Å²) in [6.45, 7) is 1.95. The summed E-state index contributed by atoms with van der Waals surface area (Å²) in [6.07, 6.45) is 3.10. The number of amides is 1. The third kappa shape index (κ3) is 7.43. The topological polar surface area (TPSA) is 66.9 Å². The molecule has 1 radical (unpaired) electrons. The van der Waals surface area contributed by atoms with E-state index in [0.29, 0.717) is 6.42 Å². The van der Waals surface area contributed by atoms with Gasteiger partial charge in [-0.2, -0.15) is 0 Å². The zero-order valence-electron chi connectivity index (χ0n) is 6.39. The number of carbonyl (C=O) groups is 1. The molecule has 0 rings (SSSR count). The van der Waals surface area contributed by atoms with Crippen molar-refractivity contribution in [1.82, 2.24) is 5.73 Å². The zero-order chi connectivity index (χ0) is 7.98. The van der Waals surface area contributed by atoms with Crippen LogP contribution in [0, 0.1) is 0 Å². The Morgan fingerprint density at radius 2 is 2.20 bits per heavy atom. The molecule has 0 aromatic carbocycles. The van der Waals surface area contributed by atoms with Gasteiger partial charge in [0.05, 0.1) is 0 Å². The molecule has 0 aliphatic heterocycles. The molecule has 3 N–H and O–H groups in total. The fourth-order valence-electron chi connectivity index (χ4n) is 0.752. The SMILES string of the molecule is CC(N)CCCCC([NH])=O. The molecule has 0 saturated carbocycles. The number of unbranched alkanes of at least 4 members (excludes halogenated alkanes) is 1. The zero-order valence-corrected chi connectivity index (χ0v) is 6.39.